The maximum atomic E-state index is 9.99. The van der Waals surface area contributed by atoms with Crippen molar-refractivity contribution in [2.45, 2.75) is 19.6 Å². The first kappa shape index (κ1) is 17.7. The molecule has 0 radical (unpaired) electrons. The van der Waals surface area contributed by atoms with Crippen LogP contribution in [0.4, 0.5) is 0 Å². The number of benzene rings is 1. The van der Waals surface area contributed by atoms with Crippen molar-refractivity contribution in [3.63, 3.8) is 0 Å². The highest BCUT2D eigenvalue weighted by Crippen LogP contribution is 2.08. The zero-order chi connectivity index (χ0) is 15.5. The molecule has 0 fully saturated rings. The minimum atomic E-state index is -0.555. The topological polar surface area (TPSA) is 41.9 Å². The summed E-state index contributed by atoms with van der Waals surface area (Å²) in [5.74, 6) is 2.39. The lowest BCUT2D eigenvalue weighted by atomic mass is 10.1. The standard InChI is InChI=1S/C17H25NO3/c1-4-10-21-14-17(19)13-18(9-11-20-3)12-16-7-5-15(2)6-8-16/h1,5-8,17,19H,9-14H2,2-3H3. The van der Waals surface area contributed by atoms with Gasteiger partial charge in [0.25, 0.3) is 0 Å². The van der Waals surface area contributed by atoms with Gasteiger partial charge in [-0.05, 0) is 12.5 Å². The Hall–Kier alpha value is -1.38. The van der Waals surface area contributed by atoms with Crippen LogP contribution in [0.15, 0.2) is 24.3 Å². The van der Waals surface area contributed by atoms with Crippen LogP contribution < -0.4 is 0 Å². The number of rotatable bonds is 10. The lowest BCUT2D eigenvalue weighted by Crippen LogP contribution is -2.36. The van der Waals surface area contributed by atoms with E-state index < -0.39 is 6.10 Å². The van der Waals surface area contributed by atoms with E-state index in [1.54, 1.807) is 7.11 Å². The third kappa shape index (κ3) is 7.84. The molecule has 0 saturated carbocycles. The second kappa shape index (κ2) is 10.4. The molecule has 0 aliphatic carbocycles. The molecule has 4 heteroatoms. The molecular formula is C17H25NO3. The van der Waals surface area contributed by atoms with Crippen LogP contribution in [-0.4, -0.2) is 56.1 Å². The molecule has 1 atom stereocenters. The zero-order valence-electron chi connectivity index (χ0n) is 12.9. The first-order valence-corrected chi connectivity index (χ1v) is 7.11. The number of aliphatic hydroxyl groups excluding tert-OH is 1. The summed E-state index contributed by atoms with van der Waals surface area (Å²) in [6.45, 7) is 5.24. The van der Waals surface area contributed by atoms with Gasteiger partial charge in [0.2, 0.25) is 0 Å². The molecule has 0 aliphatic heterocycles. The fourth-order valence-electron chi connectivity index (χ4n) is 2.01. The molecule has 1 rings (SSSR count). The van der Waals surface area contributed by atoms with E-state index in [0.717, 1.165) is 13.1 Å². The van der Waals surface area contributed by atoms with Gasteiger partial charge in [0.15, 0.2) is 0 Å². The lowest BCUT2D eigenvalue weighted by molar-refractivity contribution is 0.0207. The summed E-state index contributed by atoms with van der Waals surface area (Å²) in [7, 11) is 1.68. The summed E-state index contributed by atoms with van der Waals surface area (Å²) in [6.07, 6.45) is 4.56. The van der Waals surface area contributed by atoms with E-state index in [2.05, 4.69) is 42.0 Å². The Morgan fingerprint density at radius 1 is 1.33 bits per heavy atom. The normalized spacial score (nSPS) is 12.3. The predicted molar refractivity (Wildman–Crippen MR) is 84.0 cm³/mol. The number of terminal acetylenes is 1. The summed E-state index contributed by atoms with van der Waals surface area (Å²) in [5, 5.41) is 9.99. The van der Waals surface area contributed by atoms with E-state index in [9.17, 15) is 5.11 Å². The Morgan fingerprint density at radius 2 is 2.05 bits per heavy atom. The summed E-state index contributed by atoms with van der Waals surface area (Å²) in [6, 6.07) is 8.40. The van der Waals surface area contributed by atoms with Crippen molar-refractivity contribution in [1.82, 2.24) is 4.90 Å². The summed E-state index contributed by atoms with van der Waals surface area (Å²) in [4.78, 5) is 2.15. The largest absolute Gasteiger partial charge is 0.389 e. The van der Waals surface area contributed by atoms with Crippen LogP contribution in [0.25, 0.3) is 0 Å². The van der Waals surface area contributed by atoms with Crippen molar-refractivity contribution in [3.8, 4) is 12.3 Å². The molecule has 1 N–H and O–H groups in total. The van der Waals surface area contributed by atoms with Gasteiger partial charge in [0.05, 0.1) is 19.3 Å². The van der Waals surface area contributed by atoms with E-state index in [0.29, 0.717) is 13.2 Å². The van der Waals surface area contributed by atoms with Gasteiger partial charge in [0.1, 0.15) is 6.61 Å². The average molecular weight is 291 g/mol. The van der Waals surface area contributed by atoms with Gasteiger partial charge in [-0.2, -0.15) is 0 Å². The van der Waals surface area contributed by atoms with Crippen molar-refractivity contribution in [2.75, 3.05) is 40.0 Å². The first-order chi connectivity index (χ1) is 10.2. The fourth-order valence-corrected chi connectivity index (χ4v) is 2.01. The Morgan fingerprint density at radius 3 is 2.67 bits per heavy atom. The van der Waals surface area contributed by atoms with Crippen molar-refractivity contribution in [3.05, 3.63) is 35.4 Å². The molecule has 0 spiro atoms. The van der Waals surface area contributed by atoms with Crippen LogP contribution >= 0.6 is 0 Å². The molecule has 116 valence electrons. The number of aliphatic hydroxyl groups is 1. The van der Waals surface area contributed by atoms with E-state index in [-0.39, 0.29) is 13.2 Å². The number of ether oxygens (including phenoxy) is 2. The number of nitrogens with zero attached hydrogens (tertiary/aromatic N) is 1. The van der Waals surface area contributed by atoms with Crippen molar-refractivity contribution < 1.29 is 14.6 Å². The highest BCUT2D eigenvalue weighted by Gasteiger charge is 2.12. The van der Waals surface area contributed by atoms with Crippen molar-refractivity contribution in [1.29, 1.82) is 0 Å². The smallest absolute Gasteiger partial charge is 0.107 e. The van der Waals surface area contributed by atoms with Crippen LogP contribution in [0, 0.1) is 19.3 Å². The molecule has 0 saturated heterocycles. The Labute approximate surface area is 127 Å². The Kier molecular flexibility index (Phi) is 8.72. The number of hydrogen-bond donors (Lipinski definition) is 1. The Bertz CT molecular complexity index is 425. The number of hydrogen-bond acceptors (Lipinski definition) is 4. The zero-order valence-corrected chi connectivity index (χ0v) is 12.9. The summed E-state index contributed by atoms with van der Waals surface area (Å²) in [5.41, 5.74) is 2.46. The average Bonchev–Trinajstić information content (AvgIpc) is 2.47. The van der Waals surface area contributed by atoms with Gasteiger partial charge < -0.3 is 14.6 Å². The van der Waals surface area contributed by atoms with Gasteiger partial charge in [-0.3, -0.25) is 4.90 Å². The molecular weight excluding hydrogens is 266 g/mol. The Balaban J connectivity index is 2.50. The van der Waals surface area contributed by atoms with E-state index >= 15 is 0 Å². The van der Waals surface area contributed by atoms with Crippen molar-refractivity contribution >= 4 is 0 Å². The highest BCUT2D eigenvalue weighted by molar-refractivity contribution is 5.21. The second-order valence-electron chi connectivity index (χ2n) is 5.09. The van der Waals surface area contributed by atoms with Crippen LogP contribution in [0.5, 0.6) is 0 Å². The predicted octanol–water partition coefficient (Wildman–Crippen LogP) is 1.45. The highest BCUT2D eigenvalue weighted by atomic mass is 16.5. The molecule has 0 heterocycles. The molecule has 21 heavy (non-hydrogen) atoms. The van der Waals surface area contributed by atoms with E-state index in [1.165, 1.54) is 11.1 Å². The lowest BCUT2D eigenvalue weighted by Gasteiger charge is -2.24. The third-order valence-corrected chi connectivity index (χ3v) is 3.10. The minimum absolute atomic E-state index is 0.229. The van der Waals surface area contributed by atoms with Gasteiger partial charge in [-0.25, -0.2) is 0 Å². The molecule has 1 unspecified atom stereocenters. The monoisotopic (exact) mass is 291 g/mol. The van der Waals surface area contributed by atoms with Gasteiger partial charge >= 0.3 is 0 Å². The van der Waals surface area contributed by atoms with Crippen LogP contribution in [-0.2, 0) is 16.0 Å². The molecule has 1 aromatic rings. The molecule has 0 bridgehead atoms. The molecule has 0 aromatic heterocycles. The summed E-state index contributed by atoms with van der Waals surface area (Å²) >= 11 is 0. The van der Waals surface area contributed by atoms with E-state index in [4.69, 9.17) is 15.9 Å². The second-order valence-corrected chi connectivity index (χ2v) is 5.09. The molecule has 0 amide bonds. The van der Waals surface area contributed by atoms with Crippen molar-refractivity contribution in [2.24, 2.45) is 0 Å². The maximum Gasteiger partial charge on any atom is 0.107 e. The van der Waals surface area contributed by atoms with Crippen LogP contribution in [0.3, 0.4) is 0 Å². The van der Waals surface area contributed by atoms with Gasteiger partial charge in [0, 0.05) is 26.7 Å². The minimum Gasteiger partial charge on any atom is -0.389 e. The molecule has 1 aromatic carbocycles. The molecule has 0 aliphatic rings. The quantitative estimate of drug-likeness (QED) is 0.523. The van der Waals surface area contributed by atoms with Crippen LogP contribution in [0.1, 0.15) is 11.1 Å². The fraction of sp³-hybridized carbons (Fsp3) is 0.529. The molecule has 4 nitrogen and oxygen atoms in total. The van der Waals surface area contributed by atoms with Gasteiger partial charge in [-0.1, -0.05) is 35.7 Å². The first-order valence-electron chi connectivity index (χ1n) is 7.11. The maximum absolute atomic E-state index is 9.99. The number of aryl methyl sites for hydroxylation is 1. The SMILES string of the molecule is C#CCOCC(O)CN(CCOC)Cc1ccc(C)cc1. The third-order valence-electron chi connectivity index (χ3n) is 3.10. The summed E-state index contributed by atoms with van der Waals surface area (Å²) < 4.78 is 10.3. The van der Waals surface area contributed by atoms with E-state index in [1.807, 2.05) is 0 Å². The number of methoxy groups -OCH3 is 1. The van der Waals surface area contributed by atoms with Gasteiger partial charge in [-0.15, -0.1) is 6.42 Å². The van der Waals surface area contributed by atoms with Crippen LogP contribution in [0.2, 0.25) is 0 Å².